The average Bonchev–Trinajstić information content (AvgIpc) is 2.48. The molecule has 0 radical (unpaired) electrons. The molecule has 0 saturated carbocycles. The van der Waals surface area contributed by atoms with Gasteiger partial charge in [-0.3, -0.25) is 4.79 Å². The lowest BCUT2D eigenvalue weighted by atomic mass is 10.3. The quantitative estimate of drug-likeness (QED) is 0.560. The Balaban J connectivity index is 2.46. The van der Waals surface area contributed by atoms with Crippen LogP contribution in [0.15, 0.2) is 0 Å². The topological polar surface area (TPSA) is 110 Å². The number of hydrogen-bond donors (Lipinski definition) is 3. The second kappa shape index (κ2) is 6.20. The molecular formula is C10H17N3O5. The van der Waals surface area contributed by atoms with Crippen LogP contribution in [0.1, 0.15) is 6.42 Å². The summed E-state index contributed by atoms with van der Waals surface area (Å²) in [6.45, 7) is 0.589. The lowest BCUT2D eigenvalue weighted by Gasteiger charge is -2.20. The summed E-state index contributed by atoms with van der Waals surface area (Å²) in [6.07, 6.45) is -0.976. The highest BCUT2D eigenvalue weighted by Crippen LogP contribution is 2.02. The molecule has 1 aliphatic rings. The van der Waals surface area contributed by atoms with Crippen molar-refractivity contribution in [1.82, 2.24) is 15.1 Å². The largest absolute Gasteiger partial charge is 0.479 e. The SMILES string of the molecule is CN1CCCN(C(=O)NCC(O)C(=O)O)CC1=O. The first-order valence-corrected chi connectivity index (χ1v) is 5.59. The Morgan fingerprint density at radius 1 is 1.44 bits per heavy atom. The van der Waals surface area contributed by atoms with Gasteiger partial charge in [0.1, 0.15) is 6.54 Å². The van der Waals surface area contributed by atoms with Gasteiger partial charge in [-0.05, 0) is 6.42 Å². The Hall–Kier alpha value is -1.83. The number of rotatable bonds is 3. The predicted molar refractivity (Wildman–Crippen MR) is 60.9 cm³/mol. The maximum Gasteiger partial charge on any atom is 0.334 e. The molecule has 1 rings (SSSR count). The van der Waals surface area contributed by atoms with E-state index >= 15 is 0 Å². The molecule has 0 aromatic carbocycles. The van der Waals surface area contributed by atoms with E-state index in [9.17, 15) is 14.4 Å². The van der Waals surface area contributed by atoms with Crippen molar-refractivity contribution >= 4 is 17.9 Å². The van der Waals surface area contributed by atoms with Crippen molar-refractivity contribution in [3.63, 3.8) is 0 Å². The van der Waals surface area contributed by atoms with E-state index in [1.807, 2.05) is 0 Å². The van der Waals surface area contributed by atoms with Crippen molar-refractivity contribution in [2.24, 2.45) is 0 Å². The predicted octanol–water partition coefficient (Wildman–Crippen LogP) is -1.69. The minimum atomic E-state index is -1.64. The summed E-state index contributed by atoms with van der Waals surface area (Å²) in [5.41, 5.74) is 0. The van der Waals surface area contributed by atoms with Crippen molar-refractivity contribution in [3.05, 3.63) is 0 Å². The first-order chi connectivity index (χ1) is 8.41. The molecule has 102 valence electrons. The first kappa shape index (κ1) is 14.2. The third kappa shape index (κ3) is 3.88. The maximum absolute atomic E-state index is 11.7. The molecule has 1 saturated heterocycles. The van der Waals surface area contributed by atoms with Gasteiger partial charge in [-0.2, -0.15) is 0 Å². The summed E-state index contributed by atoms with van der Waals surface area (Å²) >= 11 is 0. The molecule has 1 atom stereocenters. The Bertz CT molecular complexity index is 346. The molecular weight excluding hydrogens is 242 g/mol. The van der Waals surface area contributed by atoms with E-state index < -0.39 is 18.1 Å². The van der Waals surface area contributed by atoms with E-state index in [-0.39, 0.29) is 19.0 Å². The standard InChI is InChI=1S/C10H17N3O5/c1-12-3-2-4-13(6-8(12)15)10(18)11-5-7(14)9(16)17/h7,14H,2-6H2,1H3,(H,11,18)(H,16,17). The summed E-state index contributed by atoms with van der Waals surface area (Å²) in [5.74, 6) is -1.57. The zero-order chi connectivity index (χ0) is 13.7. The highest BCUT2D eigenvalue weighted by Gasteiger charge is 2.23. The van der Waals surface area contributed by atoms with Crippen LogP contribution in [0.2, 0.25) is 0 Å². The number of urea groups is 1. The summed E-state index contributed by atoms with van der Waals surface area (Å²) < 4.78 is 0. The molecule has 0 bridgehead atoms. The third-order valence-electron chi connectivity index (χ3n) is 2.69. The number of aliphatic hydroxyl groups excluding tert-OH is 1. The third-order valence-corrected chi connectivity index (χ3v) is 2.69. The minimum absolute atomic E-state index is 0.0362. The highest BCUT2D eigenvalue weighted by molar-refractivity contribution is 5.84. The fourth-order valence-electron chi connectivity index (χ4n) is 1.54. The molecule has 3 N–H and O–H groups in total. The van der Waals surface area contributed by atoms with Gasteiger partial charge in [-0.25, -0.2) is 9.59 Å². The summed E-state index contributed by atoms with van der Waals surface area (Å²) in [5, 5.41) is 19.7. The smallest absolute Gasteiger partial charge is 0.334 e. The van der Waals surface area contributed by atoms with Crippen LogP contribution >= 0.6 is 0 Å². The fraction of sp³-hybridized carbons (Fsp3) is 0.700. The molecule has 18 heavy (non-hydrogen) atoms. The van der Waals surface area contributed by atoms with E-state index in [0.29, 0.717) is 19.5 Å². The number of carboxylic acid groups (broad SMARTS) is 1. The molecule has 3 amide bonds. The molecule has 0 spiro atoms. The Kier molecular flexibility index (Phi) is 4.90. The van der Waals surface area contributed by atoms with E-state index in [1.54, 1.807) is 11.9 Å². The highest BCUT2D eigenvalue weighted by atomic mass is 16.4. The molecule has 8 nitrogen and oxygen atoms in total. The molecule has 0 aromatic rings. The van der Waals surface area contributed by atoms with Crippen molar-refractivity contribution in [2.75, 3.05) is 33.2 Å². The van der Waals surface area contributed by atoms with E-state index in [4.69, 9.17) is 10.2 Å². The van der Waals surface area contributed by atoms with Crippen molar-refractivity contribution < 1.29 is 24.6 Å². The fourth-order valence-corrected chi connectivity index (χ4v) is 1.54. The molecule has 1 heterocycles. The van der Waals surface area contributed by atoms with Gasteiger partial charge in [-0.1, -0.05) is 0 Å². The number of carbonyl (C=O) groups is 3. The van der Waals surface area contributed by atoms with E-state index in [1.165, 1.54) is 4.90 Å². The monoisotopic (exact) mass is 259 g/mol. The normalized spacial score (nSPS) is 18.2. The van der Waals surface area contributed by atoms with Crippen molar-refractivity contribution in [3.8, 4) is 0 Å². The van der Waals surface area contributed by atoms with Crippen molar-refractivity contribution in [1.29, 1.82) is 0 Å². The first-order valence-electron chi connectivity index (χ1n) is 5.59. The lowest BCUT2D eigenvalue weighted by Crippen LogP contribution is -2.46. The van der Waals surface area contributed by atoms with E-state index in [2.05, 4.69) is 5.32 Å². The van der Waals surface area contributed by atoms with Gasteiger partial charge in [0.2, 0.25) is 5.91 Å². The summed E-state index contributed by atoms with van der Waals surface area (Å²) in [6, 6.07) is -0.543. The van der Waals surface area contributed by atoms with Crippen LogP contribution in [0.25, 0.3) is 0 Å². The number of amides is 3. The lowest BCUT2D eigenvalue weighted by molar-refractivity contribution is -0.146. The maximum atomic E-state index is 11.7. The number of nitrogens with zero attached hydrogens (tertiary/aromatic N) is 2. The second-order valence-corrected chi connectivity index (χ2v) is 4.13. The Labute approximate surface area is 104 Å². The number of nitrogens with one attached hydrogen (secondary N) is 1. The van der Waals surface area contributed by atoms with Crippen molar-refractivity contribution in [2.45, 2.75) is 12.5 Å². The van der Waals surface area contributed by atoms with Crippen LogP contribution in [0.5, 0.6) is 0 Å². The molecule has 0 aromatic heterocycles. The number of likely N-dealkylation sites (N-methyl/N-ethyl adjacent to an activating group) is 1. The van der Waals surface area contributed by atoms with Crippen LogP contribution < -0.4 is 5.32 Å². The van der Waals surface area contributed by atoms with Gasteiger partial charge in [0.05, 0.1) is 6.54 Å². The van der Waals surface area contributed by atoms with E-state index in [0.717, 1.165) is 0 Å². The van der Waals surface area contributed by atoms with Crippen LogP contribution in [0.4, 0.5) is 4.79 Å². The number of hydrogen-bond acceptors (Lipinski definition) is 4. The van der Waals surface area contributed by atoms with Gasteiger partial charge < -0.3 is 25.3 Å². The van der Waals surface area contributed by atoms with Crippen LogP contribution in [0.3, 0.4) is 0 Å². The Morgan fingerprint density at radius 3 is 2.72 bits per heavy atom. The number of aliphatic hydroxyl groups is 1. The zero-order valence-corrected chi connectivity index (χ0v) is 10.1. The number of carbonyl (C=O) groups excluding carboxylic acids is 2. The minimum Gasteiger partial charge on any atom is -0.479 e. The average molecular weight is 259 g/mol. The van der Waals surface area contributed by atoms with Crippen LogP contribution in [-0.2, 0) is 9.59 Å². The summed E-state index contributed by atoms with van der Waals surface area (Å²) in [4.78, 5) is 36.4. The molecule has 1 fully saturated rings. The number of carboxylic acids is 1. The molecule has 0 aliphatic carbocycles. The van der Waals surface area contributed by atoms with Crippen LogP contribution in [-0.4, -0.2) is 77.3 Å². The van der Waals surface area contributed by atoms with Gasteiger partial charge in [0, 0.05) is 20.1 Å². The second-order valence-electron chi connectivity index (χ2n) is 4.13. The van der Waals surface area contributed by atoms with Gasteiger partial charge >= 0.3 is 12.0 Å². The van der Waals surface area contributed by atoms with Crippen LogP contribution in [0, 0.1) is 0 Å². The zero-order valence-electron chi connectivity index (χ0n) is 10.1. The Morgan fingerprint density at radius 2 is 2.11 bits per heavy atom. The molecule has 8 heteroatoms. The van der Waals surface area contributed by atoms with Gasteiger partial charge in [-0.15, -0.1) is 0 Å². The summed E-state index contributed by atoms with van der Waals surface area (Å²) in [7, 11) is 1.66. The number of aliphatic carboxylic acids is 1. The van der Waals surface area contributed by atoms with Gasteiger partial charge in [0.15, 0.2) is 6.10 Å². The van der Waals surface area contributed by atoms with Gasteiger partial charge in [0.25, 0.3) is 0 Å². The molecule has 1 unspecified atom stereocenters. The molecule has 1 aliphatic heterocycles.